The molecule has 0 unspecified atom stereocenters. The number of rotatable bonds is 4. The Balaban J connectivity index is 3.25. The van der Waals surface area contributed by atoms with Crippen LogP contribution < -0.4 is 0 Å². The third-order valence-corrected chi connectivity index (χ3v) is 0.987. The maximum Gasteiger partial charge on any atom is 0.309 e. The van der Waals surface area contributed by atoms with Crippen LogP contribution in [-0.4, -0.2) is 12.6 Å². The Morgan fingerprint density at radius 1 is 1.60 bits per heavy atom. The van der Waals surface area contributed by atoms with E-state index in [0.717, 1.165) is 6.42 Å². The summed E-state index contributed by atoms with van der Waals surface area (Å²) in [5, 5.41) is 0. The second-order valence-electron chi connectivity index (χ2n) is 1.99. The molecule has 0 saturated heterocycles. The summed E-state index contributed by atoms with van der Waals surface area (Å²) in [6.07, 6.45) is 4.92. The molecule has 2 nitrogen and oxygen atoms in total. The van der Waals surface area contributed by atoms with E-state index in [0.29, 0.717) is 13.0 Å². The van der Waals surface area contributed by atoms with Crippen LogP contribution in [0.25, 0.3) is 0 Å². The number of hydrogen-bond acceptors (Lipinski definition) is 2. The largest absolute Gasteiger partial charge is 0.465 e. The van der Waals surface area contributed by atoms with Gasteiger partial charge in [0.05, 0.1) is 13.0 Å². The predicted molar refractivity (Wildman–Crippen MR) is 40.7 cm³/mol. The lowest BCUT2D eigenvalue weighted by molar-refractivity contribution is -0.142. The van der Waals surface area contributed by atoms with E-state index >= 15 is 0 Å². The first-order valence-corrected chi connectivity index (χ1v) is 3.58. The highest BCUT2D eigenvalue weighted by Crippen LogP contribution is 1.89. The SMILES string of the molecule is C/C=C\CC(=O)OCCC. The fraction of sp³-hybridized carbons (Fsp3) is 0.625. The standard InChI is InChI=1S/C8H14O2/c1-3-5-6-8(9)10-7-4-2/h3,5H,4,6-7H2,1-2H3/b5-3-. The molecule has 0 aromatic carbocycles. The smallest absolute Gasteiger partial charge is 0.309 e. The number of hydrogen-bond donors (Lipinski definition) is 0. The zero-order chi connectivity index (χ0) is 7.82. The minimum atomic E-state index is -0.139. The monoisotopic (exact) mass is 142 g/mol. The van der Waals surface area contributed by atoms with E-state index in [1.165, 1.54) is 0 Å². The quantitative estimate of drug-likeness (QED) is 0.442. The number of allylic oxidation sites excluding steroid dienone is 1. The molecule has 0 saturated carbocycles. The van der Waals surface area contributed by atoms with E-state index in [4.69, 9.17) is 4.74 Å². The van der Waals surface area contributed by atoms with Gasteiger partial charge in [-0.15, -0.1) is 0 Å². The Labute approximate surface area is 61.9 Å². The van der Waals surface area contributed by atoms with Gasteiger partial charge >= 0.3 is 5.97 Å². The Kier molecular flexibility index (Phi) is 5.83. The van der Waals surface area contributed by atoms with Gasteiger partial charge in [0.2, 0.25) is 0 Å². The summed E-state index contributed by atoms with van der Waals surface area (Å²) in [4.78, 5) is 10.7. The fourth-order valence-corrected chi connectivity index (χ4v) is 0.489. The van der Waals surface area contributed by atoms with Crippen LogP contribution in [0.15, 0.2) is 12.2 Å². The Morgan fingerprint density at radius 3 is 2.80 bits per heavy atom. The molecular weight excluding hydrogens is 128 g/mol. The van der Waals surface area contributed by atoms with Crippen molar-refractivity contribution in [3.05, 3.63) is 12.2 Å². The molecule has 0 aromatic rings. The molecule has 0 amide bonds. The van der Waals surface area contributed by atoms with Gasteiger partial charge in [0.1, 0.15) is 0 Å². The van der Waals surface area contributed by atoms with Gasteiger partial charge in [-0.25, -0.2) is 0 Å². The molecule has 0 spiro atoms. The van der Waals surface area contributed by atoms with E-state index in [1.807, 2.05) is 19.9 Å². The van der Waals surface area contributed by atoms with Gasteiger partial charge in [-0.2, -0.15) is 0 Å². The van der Waals surface area contributed by atoms with E-state index in [2.05, 4.69) is 0 Å². The van der Waals surface area contributed by atoms with Gasteiger partial charge in [0.25, 0.3) is 0 Å². The van der Waals surface area contributed by atoms with Crippen molar-refractivity contribution in [3.63, 3.8) is 0 Å². The minimum absolute atomic E-state index is 0.139. The molecule has 58 valence electrons. The number of carbonyl (C=O) groups excluding carboxylic acids is 1. The first kappa shape index (κ1) is 9.21. The maximum atomic E-state index is 10.7. The summed E-state index contributed by atoms with van der Waals surface area (Å²) in [6.45, 7) is 4.40. The Morgan fingerprint density at radius 2 is 2.30 bits per heavy atom. The lowest BCUT2D eigenvalue weighted by Gasteiger charge is -1.98. The molecule has 0 heterocycles. The van der Waals surface area contributed by atoms with Gasteiger partial charge in [-0.1, -0.05) is 19.1 Å². The van der Waals surface area contributed by atoms with Crippen molar-refractivity contribution in [1.82, 2.24) is 0 Å². The third kappa shape index (κ3) is 5.35. The summed E-state index contributed by atoms with van der Waals surface area (Å²) in [5.74, 6) is -0.139. The van der Waals surface area contributed by atoms with Crippen LogP contribution in [0.4, 0.5) is 0 Å². The lowest BCUT2D eigenvalue weighted by Crippen LogP contribution is -2.02. The average Bonchev–Trinajstić information content (AvgIpc) is 1.97. The number of carbonyl (C=O) groups is 1. The molecule has 0 fully saturated rings. The van der Waals surface area contributed by atoms with Crippen LogP contribution in [-0.2, 0) is 9.53 Å². The molecule has 0 bridgehead atoms. The molecule has 0 radical (unpaired) electrons. The van der Waals surface area contributed by atoms with Crippen LogP contribution in [0.1, 0.15) is 26.7 Å². The molecular formula is C8H14O2. The second kappa shape index (κ2) is 6.33. The van der Waals surface area contributed by atoms with Gasteiger partial charge in [-0.05, 0) is 13.3 Å². The zero-order valence-electron chi connectivity index (χ0n) is 6.59. The molecule has 0 N–H and O–H groups in total. The maximum absolute atomic E-state index is 10.7. The summed E-state index contributed by atoms with van der Waals surface area (Å²) < 4.78 is 4.80. The van der Waals surface area contributed by atoms with Crippen molar-refractivity contribution in [2.75, 3.05) is 6.61 Å². The Hall–Kier alpha value is -0.790. The minimum Gasteiger partial charge on any atom is -0.465 e. The van der Waals surface area contributed by atoms with Crippen molar-refractivity contribution in [2.45, 2.75) is 26.7 Å². The van der Waals surface area contributed by atoms with Crippen LogP contribution in [0, 0.1) is 0 Å². The van der Waals surface area contributed by atoms with Crippen LogP contribution >= 0.6 is 0 Å². The van der Waals surface area contributed by atoms with Crippen molar-refractivity contribution in [3.8, 4) is 0 Å². The average molecular weight is 142 g/mol. The topological polar surface area (TPSA) is 26.3 Å². The molecule has 0 aliphatic heterocycles. The predicted octanol–water partition coefficient (Wildman–Crippen LogP) is 1.91. The van der Waals surface area contributed by atoms with E-state index in [1.54, 1.807) is 6.08 Å². The van der Waals surface area contributed by atoms with E-state index < -0.39 is 0 Å². The lowest BCUT2D eigenvalue weighted by atomic mass is 10.4. The van der Waals surface area contributed by atoms with Crippen molar-refractivity contribution >= 4 is 5.97 Å². The van der Waals surface area contributed by atoms with Gasteiger partial charge in [0.15, 0.2) is 0 Å². The third-order valence-electron chi connectivity index (χ3n) is 0.987. The summed E-state index contributed by atoms with van der Waals surface area (Å²) in [5.41, 5.74) is 0. The van der Waals surface area contributed by atoms with Crippen LogP contribution in [0.5, 0.6) is 0 Å². The zero-order valence-corrected chi connectivity index (χ0v) is 6.59. The molecule has 0 aliphatic carbocycles. The molecule has 0 aromatic heterocycles. The Bertz CT molecular complexity index is 116. The molecule has 0 rings (SSSR count). The van der Waals surface area contributed by atoms with Crippen molar-refractivity contribution < 1.29 is 9.53 Å². The summed E-state index contributed by atoms with van der Waals surface area (Å²) in [6, 6.07) is 0. The van der Waals surface area contributed by atoms with Gasteiger partial charge in [0, 0.05) is 0 Å². The van der Waals surface area contributed by atoms with Crippen molar-refractivity contribution in [2.24, 2.45) is 0 Å². The van der Waals surface area contributed by atoms with E-state index in [-0.39, 0.29) is 5.97 Å². The van der Waals surface area contributed by atoms with E-state index in [9.17, 15) is 4.79 Å². The first-order valence-electron chi connectivity index (χ1n) is 3.58. The molecule has 10 heavy (non-hydrogen) atoms. The number of esters is 1. The molecule has 2 heteroatoms. The van der Waals surface area contributed by atoms with Gasteiger partial charge < -0.3 is 4.74 Å². The number of ether oxygens (including phenoxy) is 1. The highest BCUT2D eigenvalue weighted by molar-refractivity contribution is 5.71. The highest BCUT2D eigenvalue weighted by Gasteiger charge is 1.95. The highest BCUT2D eigenvalue weighted by atomic mass is 16.5. The fourth-order valence-electron chi connectivity index (χ4n) is 0.489. The summed E-state index contributed by atoms with van der Waals surface area (Å²) >= 11 is 0. The van der Waals surface area contributed by atoms with Crippen molar-refractivity contribution in [1.29, 1.82) is 0 Å². The molecule has 0 aliphatic rings. The first-order chi connectivity index (χ1) is 4.81. The van der Waals surface area contributed by atoms with Gasteiger partial charge in [-0.3, -0.25) is 4.79 Å². The van der Waals surface area contributed by atoms with Crippen LogP contribution in [0.2, 0.25) is 0 Å². The van der Waals surface area contributed by atoms with Crippen LogP contribution in [0.3, 0.4) is 0 Å². The normalized spacial score (nSPS) is 10.2. The second-order valence-corrected chi connectivity index (χ2v) is 1.99. The summed E-state index contributed by atoms with van der Waals surface area (Å²) in [7, 11) is 0. The molecule has 0 atom stereocenters.